The van der Waals surface area contributed by atoms with Gasteiger partial charge in [0.15, 0.2) is 6.61 Å². The summed E-state index contributed by atoms with van der Waals surface area (Å²) in [4.78, 5) is 23.8. The minimum absolute atomic E-state index is 0.110. The number of amides is 1. The van der Waals surface area contributed by atoms with E-state index >= 15 is 0 Å². The summed E-state index contributed by atoms with van der Waals surface area (Å²) in [5.41, 5.74) is 1.36. The quantitative estimate of drug-likeness (QED) is 0.832. The van der Waals surface area contributed by atoms with E-state index in [1.165, 1.54) is 0 Å². The normalized spacial score (nSPS) is 10.9. The molecule has 2 rings (SSSR count). The first kappa shape index (κ1) is 16.1. The number of aryl methyl sites for hydroxylation is 1. The highest BCUT2D eigenvalue weighted by molar-refractivity contribution is 5.96. The molecule has 1 aromatic heterocycles. The topological polar surface area (TPSA) is 68.5 Å². The number of furan rings is 1. The van der Waals surface area contributed by atoms with E-state index < -0.39 is 5.97 Å². The molecule has 1 aromatic carbocycles. The highest BCUT2D eigenvalue weighted by Gasteiger charge is 2.20. The zero-order chi connectivity index (χ0) is 16.1. The number of carbonyl (C=O) groups excluding carboxylic acids is 2. The maximum atomic E-state index is 12.1. The summed E-state index contributed by atoms with van der Waals surface area (Å²) in [5, 5.41) is 3.69. The van der Waals surface area contributed by atoms with E-state index in [-0.39, 0.29) is 24.3 Å². The van der Waals surface area contributed by atoms with Crippen LogP contribution in [0.25, 0.3) is 11.0 Å². The fraction of sp³-hybridized carbons (Fsp3) is 0.412. The summed E-state index contributed by atoms with van der Waals surface area (Å²) >= 11 is 0. The van der Waals surface area contributed by atoms with Crippen LogP contribution in [-0.4, -0.2) is 24.5 Å². The van der Waals surface area contributed by atoms with Gasteiger partial charge < -0.3 is 14.5 Å². The molecule has 0 spiro atoms. The number of hydrogen-bond donors (Lipinski definition) is 1. The van der Waals surface area contributed by atoms with E-state index in [0.29, 0.717) is 5.58 Å². The highest BCUT2D eigenvalue weighted by Crippen LogP contribution is 2.25. The fourth-order valence-electron chi connectivity index (χ4n) is 2.33. The number of esters is 1. The number of ether oxygens (including phenoxy) is 1. The first-order valence-corrected chi connectivity index (χ1v) is 7.51. The van der Waals surface area contributed by atoms with Gasteiger partial charge >= 0.3 is 5.97 Å². The molecule has 2 aromatic rings. The molecule has 1 N–H and O–H groups in total. The van der Waals surface area contributed by atoms with Gasteiger partial charge in [-0.1, -0.05) is 32.0 Å². The summed E-state index contributed by atoms with van der Waals surface area (Å²) in [6.07, 6.45) is 1.69. The van der Waals surface area contributed by atoms with Crippen molar-refractivity contribution in [2.45, 2.75) is 39.7 Å². The van der Waals surface area contributed by atoms with Crippen molar-refractivity contribution in [3.05, 3.63) is 35.6 Å². The third-order valence-corrected chi connectivity index (χ3v) is 3.71. The predicted molar refractivity (Wildman–Crippen MR) is 83.7 cm³/mol. The van der Waals surface area contributed by atoms with Gasteiger partial charge in [-0.15, -0.1) is 0 Å². The zero-order valence-corrected chi connectivity index (χ0v) is 13.1. The van der Waals surface area contributed by atoms with Crippen molar-refractivity contribution in [2.75, 3.05) is 6.61 Å². The summed E-state index contributed by atoms with van der Waals surface area (Å²) in [5.74, 6) is -0.763. The molecule has 1 heterocycles. The standard InChI is InChI=1S/C17H21NO4/c1-4-12(5-2)18-15(19)10-21-17(20)16-11(3)13-8-6-7-9-14(13)22-16/h6-9,12H,4-5,10H2,1-3H3,(H,18,19). The van der Waals surface area contributed by atoms with Crippen molar-refractivity contribution in [1.29, 1.82) is 0 Å². The van der Waals surface area contributed by atoms with Crippen molar-refractivity contribution >= 4 is 22.8 Å². The van der Waals surface area contributed by atoms with Gasteiger partial charge in [0, 0.05) is 17.0 Å². The molecule has 0 aliphatic carbocycles. The van der Waals surface area contributed by atoms with Crippen LogP contribution >= 0.6 is 0 Å². The Kier molecular flexibility index (Phi) is 5.20. The van der Waals surface area contributed by atoms with Crippen molar-refractivity contribution in [3.63, 3.8) is 0 Å². The van der Waals surface area contributed by atoms with Crippen molar-refractivity contribution < 1.29 is 18.7 Å². The SMILES string of the molecule is CCC(CC)NC(=O)COC(=O)c1oc2ccccc2c1C. The molecule has 22 heavy (non-hydrogen) atoms. The average Bonchev–Trinajstić information content (AvgIpc) is 2.88. The molecule has 5 nitrogen and oxygen atoms in total. The van der Waals surface area contributed by atoms with Gasteiger partial charge in [-0.25, -0.2) is 4.79 Å². The Balaban J connectivity index is 1.99. The fourth-order valence-corrected chi connectivity index (χ4v) is 2.33. The molecule has 0 aliphatic rings. The minimum Gasteiger partial charge on any atom is -0.450 e. The molecule has 0 saturated heterocycles. The third kappa shape index (κ3) is 3.47. The lowest BCUT2D eigenvalue weighted by molar-refractivity contribution is -0.125. The van der Waals surface area contributed by atoms with Crippen LogP contribution in [0, 0.1) is 6.92 Å². The molecule has 1 amide bonds. The Morgan fingerprint density at radius 2 is 1.91 bits per heavy atom. The Morgan fingerprint density at radius 1 is 1.23 bits per heavy atom. The first-order valence-electron chi connectivity index (χ1n) is 7.51. The van der Waals surface area contributed by atoms with E-state index in [0.717, 1.165) is 23.8 Å². The Hall–Kier alpha value is -2.30. The number of para-hydroxylation sites is 1. The molecule has 0 atom stereocenters. The number of carbonyl (C=O) groups is 2. The minimum atomic E-state index is -0.617. The van der Waals surface area contributed by atoms with Crippen LogP contribution in [0.15, 0.2) is 28.7 Å². The van der Waals surface area contributed by atoms with Gasteiger partial charge in [0.05, 0.1) is 0 Å². The Morgan fingerprint density at radius 3 is 2.55 bits per heavy atom. The lowest BCUT2D eigenvalue weighted by Crippen LogP contribution is -2.36. The second-order valence-corrected chi connectivity index (χ2v) is 5.21. The largest absolute Gasteiger partial charge is 0.450 e. The first-order chi connectivity index (χ1) is 10.6. The average molecular weight is 303 g/mol. The molecule has 0 unspecified atom stereocenters. The van der Waals surface area contributed by atoms with Crippen molar-refractivity contribution in [3.8, 4) is 0 Å². The van der Waals surface area contributed by atoms with Crippen molar-refractivity contribution in [1.82, 2.24) is 5.32 Å². The van der Waals surface area contributed by atoms with E-state index in [2.05, 4.69) is 5.32 Å². The summed E-state index contributed by atoms with van der Waals surface area (Å²) < 4.78 is 10.6. The molecule has 0 radical (unpaired) electrons. The molecule has 0 bridgehead atoms. The van der Waals surface area contributed by atoms with E-state index in [4.69, 9.17) is 9.15 Å². The summed E-state index contributed by atoms with van der Waals surface area (Å²) in [6.45, 7) is 5.49. The maximum absolute atomic E-state index is 12.1. The predicted octanol–water partition coefficient (Wildman–Crippen LogP) is 3.20. The second-order valence-electron chi connectivity index (χ2n) is 5.21. The molecule has 0 fully saturated rings. The molecule has 0 aliphatic heterocycles. The van der Waals surface area contributed by atoms with Gasteiger partial charge in [0.1, 0.15) is 5.58 Å². The number of hydrogen-bond acceptors (Lipinski definition) is 4. The van der Waals surface area contributed by atoms with Gasteiger partial charge in [0.25, 0.3) is 5.91 Å². The van der Waals surface area contributed by atoms with Crippen LogP contribution < -0.4 is 5.32 Å². The van der Waals surface area contributed by atoms with E-state index in [1.54, 1.807) is 13.0 Å². The van der Waals surface area contributed by atoms with Crippen LogP contribution in [0.4, 0.5) is 0 Å². The summed E-state index contributed by atoms with van der Waals surface area (Å²) in [7, 11) is 0. The van der Waals surface area contributed by atoms with Crippen LogP contribution in [0.3, 0.4) is 0 Å². The van der Waals surface area contributed by atoms with E-state index in [9.17, 15) is 9.59 Å². The molecule has 5 heteroatoms. The number of benzene rings is 1. The number of nitrogens with one attached hydrogen (secondary N) is 1. The Labute approximate surface area is 129 Å². The van der Waals surface area contributed by atoms with Gasteiger partial charge in [0.2, 0.25) is 5.76 Å². The monoisotopic (exact) mass is 303 g/mol. The molecular formula is C17H21NO4. The highest BCUT2D eigenvalue weighted by atomic mass is 16.5. The molecular weight excluding hydrogens is 282 g/mol. The van der Waals surface area contributed by atoms with Crippen LogP contribution in [-0.2, 0) is 9.53 Å². The smallest absolute Gasteiger partial charge is 0.375 e. The summed E-state index contributed by atoms with van der Waals surface area (Å²) in [6, 6.07) is 7.50. The van der Waals surface area contributed by atoms with E-state index in [1.807, 2.05) is 32.0 Å². The lowest BCUT2D eigenvalue weighted by atomic mass is 10.1. The number of rotatable bonds is 6. The second kappa shape index (κ2) is 7.11. The lowest BCUT2D eigenvalue weighted by Gasteiger charge is -2.14. The maximum Gasteiger partial charge on any atom is 0.375 e. The number of fused-ring (bicyclic) bond motifs is 1. The van der Waals surface area contributed by atoms with Gasteiger partial charge in [-0.2, -0.15) is 0 Å². The van der Waals surface area contributed by atoms with Crippen LogP contribution in [0.5, 0.6) is 0 Å². The van der Waals surface area contributed by atoms with Crippen molar-refractivity contribution in [2.24, 2.45) is 0 Å². The van der Waals surface area contributed by atoms with Gasteiger partial charge in [-0.05, 0) is 25.8 Å². The third-order valence-electron chi connectivity index (χ3n) is 3.71. The Bertz CT molecular complexity index is 670. The zero-order valence-electron chi connectivity index (χ0n) is 13.1. The van der Waals surface area contributed by atoms with Gasteiger partial charge in [-0.3, -0.25) is 4.79 Å². The van der Waals surface area contributed by atoms with Crippen LogP contribution in [0.1, 0.15) is 42.8 Å². The molecule has 118 valence electrons. The van der Waals surface area contributed by atoms with Crippen LogP contribution in [0.2, 0.25) is 0 Å². The molecule has 0 saturated carbocycles.